The molecule has 1 atom stereocenters. The minimum Gasteiger partial charge on any atom is -0.299 e. The van der Waals surface area contributed by atoms with Gasteiger partial charge in [0, 0.05) is 16.6 Å². The molecule has 82 valence electrons. The molecule has 0 radical (unpaired) electrons. The second-order valence-electron chi connectivity index (χ2n) is 3.93. The van der Waals surface area contributed by atoms with Gasteiger partial charge in [-0.2, -0.15) is 0 Å². The Morgan fingerprint density at radius 3 is 2.20 bits per heavy atom. The first kappa shape index (κ1) is 12.1. The number of benzene rings is 1. The Labute approximate surface area is 93.2 Å². The third kappa shape index (κ3) is 4.38. The van der Waals surface area contributed by atoms with E-state index >= 15 is 0 Å². The van der Waals surface area contributed by atoms with E-state index in [1.165, 1.54) is 18.1 Å². The van der Waals surface area contributed by atoms with Crippen LogP contribution in [0, 0.1) is 13.8 Å². The zero-order chi connectivity index (χ0) is 11.4. The van der Waals surface area contributed by atoms with Crippen LogP contribution in [0.3, 0.4) is 0 Å². The summed E-state index contributed by atoms with van der Waals surface area (Å²) in [7, 11) is -1.07. The maximum atomic E-state index is 11.5. The molecule has 0 saturated heterocycles. The van der Waals surface area contributed by atoms with Gasteiger partial charge in [0.2, 0.25) is 0 Å². The SMILES string of the molecule is CC(=O)CS(=O)Cc1cc(C)cc(C)c1. The average Bonchev–Trinajstić information content (AvgIpc) is 1.98. The van der Waals surface area contributed by atoms with E-state index < -0.39 is 10.8 Å². The van der Waals surface area contributed by atoms with Crippen LogP contribution in [0.15, 0.2) is 18.2 Å². The molecule has 2 nitrogen and oxygen atoms in total. The van der Waals surface area contributed by atoms with Crippen molar-refractivity contribution in [2.45, 2.75) is 26.5 Å². The fourth-order valence-electron chi connectivity index (χ4n) is 1.62. The quantitative estimate of drug-likeness (QED) is 0.785. The maximum absolute atomic E-state index is 11.5. The smallest absolute Gasteiger partial charge is 0.142 e. The highest BCUT2D eigenvalue weighted by atomic mass is 32.2. The summed E-state index contributed by atoms with van der Waals surface area (Å²) in [6.07, 6.45) is 0. The Morgan fingerprint density at radius 2 is 1.73 bits per heavy atom. The normalized spacial score (nSPS) is 12.5. The van der Waals surface area contributed by atoms with Gasteiger partial charge in [0.25, 0.3) is 0 Å². The number of aryl methyl sites for hydroxylation is 2. The van der Waals surface area contributed by atoms with Gasteiger partial charge in [0.05, 0.1) is 5.75 Å². The highest BCUT2D eigenvalue weighted by Crippen LogP contribution is 2.10. The predicted octanol–water partition coefficient (Wildman–Crippen LogP) is 2.14. The summed E-state index contributed by atoms with van der Waals surface area (Å²) in [6.45, 7) is 5.51. The van der Waals surface area contributed by atoms with E-state index in [0.717, 1.165) is 5.56 Å². The van der Waals surface area contributed by atoms with E-state index in [9.17, 15) is 9.00 Å². The van der Waals surface area contributed by atoms with Gasteiger partial charge < -0.3 is 0 Å². The monoisotopic (exact) mass is 224 g/mol. The summed E-state index contributed by atoms with van der Waals surface area (Å²) in [6, 6.07) is 6.12. The Hall–Kier alpha value is -0.960. The van der Waals surface area contributed by atoms with Gasteiger partial charge in [-0.15, -0.1) is 0 Å². The van der Waals surface area contributed by atoms with Crippen LogP contribution in [-0.2, 0) is 21.3 Å². The molecule has 0 bridgehead atoms. The van der Waals surface area contributed by atoms with Gasteiger partial charge in [-0.25, -0.2) is 0 Å². The van der Waals surface area contributed by atoms with Crippen molar-refractivity contribution in [1.82, 2.24) is 0 Å². The molecule has 0 aromatic heterocycles. The maximum Gasteiger partial charge on any atom is 0.142 e. The number of hydrogen-bond acceptors (Lipinski definition) is 2. The first-order valence-electron chi connectivity index (χ1n) is 4.89. The molecule has 1 unspecified atom stereocenters. The fraction of sp³-hybridized carbons (Fsp3) is 0.417. The van der Waals surface area contributed by atoms with E-state index in [1.54, 1.807) is 0 Å². The summed E-state index contributed by atoms with van der Waals surface area (Å²) in [5.74, 6) is 0.618. The van der Waals surface area contributed by atoms with E-state index in [1.807, 2.05) is 26.0 Å². The molecular weight excluding hydrogens is 208 g/mol. The molecule has 0 aliphatic carbocycles. The van der Waals surface area contributed by atoms with Crippen LogP contribution in [-0.4, -0.2) is 15.7 Å². The Morgan fingerprint density at radius 1 is 1.20 bits per heavy atom. The molecule has 0 aliphatic heterocycles. The lowest BCUT2D eigenvalue weighted by atomic mass is 10.1. The summed E-state index contributed by atoms with van der Waals surface area (Å²) in [5.41, 5.74) is 3.39. The molecule has 0 fully saturated rings. The van der Waals surface area contributed by atoms with Gasteiger partial charge >= 0.3 is 0 Å². The number of rotatable bonds is 4. The Bertz CT molecular complexity index is 376. The van der Waals surface area contributed by atoms with Crippen molar-refractivity contribution in [2.75, 3.05) is 5.75 Å². The zero-order valence-corrected chi connectivity index (χ0v) is 10.2. The van der Waals surface area contributed by atoms with Crippen molar-refractivity contribution >= 4 is 16.6 Å². The summed E-state index contributed by atoms with van der Waals surface area (Å²) in [4.78, 5) is 10.8. The highest BCUT2D eigenvalue weighted by molar-refractivity contribution is 7.84. The lowest BCUT2D eigenvalue weighted by Crippen LogP contribution is -2.08. The molecule has 0 heterocycles. The number of carbonyl (C=O) groups is 1. The molecular formula is C12H16O2S. The van der Waals surface area contributed by atoms with Crippen LogP contribution in [0.5, 0.6) is 0 Å². The first-order chi connectivity index (χ1) is 6.97. The number of carbonyl (C=O) groups excluding carboxylic acids is 1. The Kier molecular flexibility index (Phi) is 4.21. The van der Waals surface area contributed by atoms with Crippen LogP contribution < -0.4 is 0 Å². The van der Waals surface area contributed by atoms with Gasteiger partial charge in [0.15, 0.2) is 0 Å². The molecule has 1 rings (SSSR count). The minimum atomic E-state index is -1.07. The molecule has 3 heteroatoms. The van der Waals surface area contributed by atoms with Gasteiger partial charge in [-0.1, -0.05) is 29.3 Å². The topological polar surface area (TPSA) is 34.1 Å². The van der Waals surface area contributed by atoms with Crippen molar-refractivity contribution in [3.05, 3.63) is 34.9 Å². The van der Waals surface area contributed by atoms with Crippen LogP contribution in [0.25, 0.3) is 0 Å². The van der Waals surface area contributed by atoms with Crippen molar-refractivity contribution < 1.29 is 9.00 Å². The second-order valence-corrected chi connectivity index (χ2v) is 5.38. The van der Waals surface area contributed by atoms with Crippen LogP contribution >= 0.6 is 0 Å². The molecule has 0 saturated carbocycles. The van der Waals surface area contributed by atoms with Crippen molar-refractivity contribution in [3.8, 4) is 0 Å². The van der Waals surface area contributed by atoms with E-state index in [2.05, 4.69) is 6.07 Å². The van der Waals surface area contributed by atoms with Crippen LogP contribution in [0.4, 0.5) is 0 Å². The standard InChI is InChI=1S/C12H16O2S/c1-9-4-10(2)6-12(5-9)8-15(14)7-11(3)13/h4-6H,7-8H2,1-3H3. The third-order valence-corrected chi connectivity index (χ3v) is 3.36. The molecule has 0 aliphatic rings. The Balaban J connectivity index is 2.72. The third-order valence-electron chi connectivity index (χ3n) is 1.97. The highest BCUT2D eigenvalue weighted by Gasteiger charge is 2.05. The lowest BCUT2D eigenvalue weighted by molar-refractivity contribution is -0.114. The lowest BCUT2D eigenvalue weighted by Gasteiger charge is -2.04. The van der Waals surface area contributed by atoms with Gasteiger partial charge in [-0.3, -0.25) is 9.00 Å². The summed E-state index contributed by atoms with van der Waals surface area (Å²) < 4.78 is 11.5. The largest absolute Gasteiger partial charge is 0.299 e. The van der Waals surface area contributed by atoms with E-state index in [0.29, 0.717) is 5.75 Å². The number of hydrogen-bond donors (Lipinski definition) is 0. The summed E-state index contributed by atoms with van der Waals surface area (Å²) >= 11 is 0. The van der Waals surface area contributed by atoms with Crippen molar-refractivity contribution in [1.29, 1.82) is 0 Å². The minimum absolute atomic E-state index is 0.0160. The van der Waals surface area contributed by atoms with Crippen molar-refractivity contribution in [2.24, 2.45) is 0 Å². The zero-order valence-electron chi connectivity index (χ0n) is 9.37. The van der Waals surface area contributed by atoms with Gasteiger partial charge in [-0.05, 0) is 26.3 Å². The first-order valence-corrected chi connectivity index (χ1v) is 6.38. The second kappa shape index (κ2) is 5.21. The number of ketones is 1. The van der Waals surface area contributed by atoms with E-state index in [-0.39, 0.29) is 11.5 Å². The van der Waals surface area contributed by atoms with Crippen LogP contribution in [0.1, 0.15) is 23.6 Å². The molecule has 15 heavy (non-hydrogen) atoms. The molecule has 0 spiro atoms. The molecule has 0 N–H and O–H groups in total. The summed E-state index contributed by atoms with van der Waals surface area (Å²) in [5, 5.41) is 0. The average molecular weight is 224 g/mol. The number of Topliss-reactive ketones (excluding diaryl/α,β-unsaturated/α-hetero) is 1. The fourth-order valence-corrected chi connectivity index (χ4v) is 2.71. The van der Waals surface area contributed by atoms with Crippen LogP contribution in [0.2, 0.25) is 0 Å². The van der Waals surface area contributed by atoms with E-state index in [4.69, 9.17) is 0 Å². The molecule has 1 aromatic carbocycles. The molecule has 1 aromatic rings. The van der Waals surface area contributed by atoms with Gasteiger partial charge in [0.1, 0.15) is 5.78 Å². The van der Waals surface area contributed by atoms with Crippen molar-refractivity contribution in [3.63, 3.8) is 0 Å². The molecule has 0 amide bonds. The predicted molar refractivity (Wildman–Crippen MR) is 63.3 cm³/mol.